The lowest BCUT2D eigenvalue weighted by Gasteiger charge is -2.30. The van der Waals surface area contributed by atoms with Crippen molar-refractivity contribution in [3.05, 3.63) is 11.8 Å². The van der Waals surface area contributed by atoms with E-state index in [0.717, 1.165) is 31.3 Å². The predicted octanol–water partition coefficient (Wildman–Crippen LogP) is 3.11. The van der Waals surface area contributed by atoms with E-state index in [0.29, 0.717) is 0 Å². The third-order valence-electron chi connectivity index (χ3n) is 2.46. The maximum Gasteiger partial charge on any atom is 0.241 e. The van der Waals surface area contributed by atoms with E-state index in [1.54, 1.807) is 0 Å². The van der Waals surface area contributed by atoms with Gasteiger partial charge in [0.2, 0.25) is 8.32 Å². The summed E-state index contributed by atoms with van der Waals surface area (Å²) in [5.74, 6) is 1.10. The zero-order valence-corrected chi connectivity index (χ0v) is 10.6. The predicted molar refractivity (Wildman–Crippen MR) is 60.5 cm³/mol. The molecule has 0 saturated carbocycles. The highest BCUT2D eigenvalue weighted by atomic mass is 28.4. The molecule has 0 amide bonds. The van der Waals surface area contributed by atoms with E-state index in [9.17, 15) is 4.79 Å². The fourth-order valence-electron chi connectivity index (χ4n) is 1.55. The van der Waals surface area contributed by atoms with Gasteiger partial charge in [0.25, 0.3) is 0 Å². The van der Waals surface area contributed by atoms with E-state index in [1.807, 2.05) is 6.92 Å². The Bertz CT molecular complexity index is 253. The van der Waals surface area contributed by atoms with Gasteiger partial charge in [-0.2, -0.15) is 0 Å². The molecule has 1 aliphatic carbocycles. The molecular formula is C11H20O2Si. The van der Waals surface area contributed by atoms with Crippen LogP contribution in [0.4, 0.5) is 0 Å². The van der Waals surface area contributed by atoms with E-state index >= 15 is 0 Å². The van der Waals surface area contributed by atoms with Crippen molar-refractivity contribution in [2.75, 3.05) is 0 Å². The van der Waals surface area contributed by atoms with Crippen molar-refractivity contribution in [2.45, 2.75) is 45.8 Å². The van der Waals surface area contributed by atoms with Crippen LogP contribution in [0.25, 0.3) is 0 Å². The molecule has 0 heterocycles. The van der Waals surface area contributed by atoms with Crippen LogP contribution in [-0.4, -0.2) is 14.6 Å². The summed E-state index contributed by atoms with van der Waals surface area (Å²) in [5.41, 5.74) is -0.147. The van der Waals surface area contributed by atoms with Crippen molar-refractivity contribution < 1.29 is 9.22 Å². The van der Waals surface area contributed by atoms with Gasteiger partial charge in [0.1, 0.15) is 6.29 Å². The molecular weight excluding hydrogens is 192 g/mol. The molecule has 0 aliphatic heterocycles. The van der Waals surface area contributed by atoms with E-state index in [4.69, 9.17) is 4.43 Å². The highest BCUT2D eigenvalue weighted by Gasteiger charge is 2.28. The van der Waals surface area contributed by atoms with Gasteiger partial charge in [0.15, 0.2) is 0 Å². The van der Waals surface area contributed by atoms with Gasteiger partial charge in [-0.15, -0.1) is 0 Å². The normalized spacial score (nSPS) is 28.1. The first-order valence-electron chi connectivity index (χ1n) is 5.19. The smallest absolute Gasteiger partial charge is 0.241 e. The van der Waals surface area contributed by atoms with E-state index in [2.05, 4.69) is 25.7 Å². The SMILES string of the molecule is CC1(C=O)CC=C(O[Si](C)(C)C)CC1. The van der Waals surface area contributed by atoms with Crippen LogP contribution in [0.2, 0.25) is 19.6 Å². The van der Waals surface area contributed by atoms with Crippen LogP contribution in [0.15, 0.2) is 11.8 Å². The van der Waals surface area contributed by atoms with Gasteiger partial charge in [-0.1, -0.05) is 6.92 Å². The van der Waals surface area contributed by atoms with Gasteiger partial charge in [0, 0.05) is 11.8 Å². The molecule has 1 atom stereocenters. The van der Waals surface area contributed by atoms with Crippen molar-refractivity contribution in [3.63, 3.8) is 0 Å². The summed E-state index contributed by atoms with van der Waals surface area (Å²) in [7, 11) is -1.46. The number of aldehydes is 1. The summed E-state index contributed by atoms with van der Waals surface area (Å²) in [6.45, 7) is 8.56. The van der Waals surface area contributed by atoms with Crippen LogP contribution < -0.4 is 0 Å². The number of rotatable bonds is 3. The second-order valence-corrected chi connectivity index (χ2v) is 9.79. The Morgan fingerprint density at radius 2 is 2.14 bits per heavy atom. The number of carbonyl (C=O) groups excluding carboxylic acids is 1. The van der Waals surface area contributed by atoms with Crippen molar-refractivity contribution >= 4 is 14.6 Å². The quantitative estimate of drug-likeness (QED) is 0.531. The Labute approximate surface area is 87.5 Å². The van der Waals surface area contributed by atoms with Gasteiger partial charge in [-0.3, -0.25) is 0 Å². The number of allylic oxidation sites excluding steroid dienone is 2. The molecule has 14 heavy (non-hydrogen) atoms. The van der Waals surface area contributed by atoms with Crippen LogP contribution in [-0.2, 0) is 9.22 Å². The molecule has 80 valence electrons. The highest BCUT2D eigenvalue weighted by molar-refractivity contribution is 6.70. The molecule has 1 unspecified atom stereocenters. The van der Waals surface area contributed by atoms with Crippen LogP contribution in [0, 0.1) is 5.41 Å². The Hall–Kier alpha value is -0.573. The van der Waals surface area contributed by atoms with Gasteiger partial charge >= 0.3 is 0 Å². The minimum atomic E-state index is -1.46. The Morgan fingerprint density at radius 1 is 1.50 bits per heavy atom. The molecule has 0 fully saturated rings. The highest BCUT2D eigenvalue weighted by Crippen LogP contribution is 2.34. The lowest BCUT2D eigenvalue weighted by molar-refractivity contribution is -0.115. The average Bonchev–Trinajstić information content (AvgIpc) is 2.07. The summed E-state index contributed by atoms with van der Waals surface area (Å²) in [6.07, 6.45) is 5.84. The number of hydrogen-bond acceptors (Lipinski definition) is 2. The molecule has 0 bridgehead atoms. The minimum Gasteiger partial charge on any atom is -0.548 e. The lowest BCUT2D eigenvalue weighted by atomic mass is 9.80. The van der Waals surface area contributed by atoms with Gasteiger partial charge < -0.3 is 9.22 Å². The Morgan fingerprint density at radius 3 is 2.50 bits per heavy atom. The molecule has 0 N–H and O–H groups in total. The summed E-state index contributed by atoms with van der Waals surface area (Å²) in [5, 5.41) is 0. The summed E-state index contributed by atoms with van der Waals surface area (Å²) in [6, 6.07) is 0. The number of hydrogen-bond donors (Lipinski definition) is 0. The Kier molecular flexibility index (Phi) is 3.19. The molecule has 0 aromatic rings. The van der Waals surface area contributed by atoms with E-state index in [-0.39, 0.29) is 5.41 Å². The second-order valence-electron chi connectivity index (χ2n) is 5.36. The van der Waals surface area contributed by atoms with Crippen LogP contribution >= 0.6 is 0 Å². The first-order chi connectivity index (χ1) is 6.35. The molecule has 1 aliphatic rings. The first-order valence-corrected chi connectivity index (χ1v) is 8.60. The standard InChI is InChI=1S/C11H20O2Si/c1-11(9-12)7-5-10(6-8-11)13-14(2,3)4/h5,9H,6-8H2,1-4H3. The van der Waals surface area contributed by atoms with Gasteiger partial charge in [-0.25, -0.2) is 0 Å². The lowest BCUT2D eigenvalue weighted by Crippen LogP contribution is -2.28. The summed E-state index contributed by atoms with van der Waals surface area (Å²) >= 11 is 0. The molecule has 1 rings (SSSR count). The third-order valence-corrected chi connectivity index (χ3v) is 3.33. The molecule has 3 heteroatoms. The zero-order chi connectivity index (χ0) is 10.8. The molecule has 0 aromatic heterocycles. The third kappa shape index (κ3) is 3.29. The topological polar surface area (TPSA) is 26.3 Å². The maximum atomic E-state index is 10.8. The molecule has 0 saturated heterocycles. The number of carbonyl (C=O) groups is 1. The minimum absolute atomic E-state index is 0.147. The average molecular weight is 212 g/mol. The molecule has 2 nitrogen and oxygen atoms in total. The fraction of sp³-hybridized carbons (Fsp3) is 0.727. The van der Waals surface area contributed by atoms with Crippen molar-refractivity contribution in [1.82, 2.24) is 0 Å². The second kappa shape index (κ2) is 3.89. The van der Waals surface area contributed by atoms with E-state index in [1.165, 1.54) is 0 Å². The van der Waals surface area contributed by atoms with Crippen molar-refractivity contribution in [3.8, 4) is 0 Å². The molecule has 0 spiro atoms. The molecule has 0 aromatic carbocycles. The van der Waals surface area contributed by atoms with Crippen LogP contribution in [0.5, 0.6) is 0 Å². The van der Waals surface area contributed by atoms with Gasteiger partial charge in [0.05, 0.1) is 5.76 Å². The van der Waals surface area contributed by atoms with Crippen LogP contribution in [0.3, 0.4) is 0 Å². The first kappa shape index (κ1) is 11.5. The summed E-state index contributed by atoms with van der Waals surface area (Å²) in [4.78, 5) is 10.8. The zero-order valence-electron chi connectivity index (χ0n) is 9.59. The largest absolute Gasteiger partial charge is 0.548 e. The van der Waals surface area contributed by atoms with Crippen molar-refractivity contribution in [2.24, 2.45) is 5.41 Å². The summed E-state index contributed by atoms with van der Waals surface area (Å²) < 4.78 is 5.90. The van der Waals surface area contributed by atoms with Crippen molar-refractivity contribution in [1.29, 1.82) is 0 Å². The van der Waals surface area contributed by atoms with Crippen LogP contribution in [0.1, 0.15) is 26.2 Å². The van der Waals surface area contributed by atoms with Gasteiger partial charge in [-0.05, 0) is 38.6 Å². The monoisotopic (exact) mass is 212 g/mol. The van der Waals surface area contributed by atoms with E-state index < -0.39 is 8.32 Å². The maximum absolute atomic E-state index is 10.8. The fourth-order valence-corrected chi connectivity index (χ4v) is 2.52. The molecule has 0 radical (unpaired) electrons. The Balaban J connectivity index is 2.58.